The molecule has 0 radical (unpaired) electrons. The third-order valence-electron chi connectivity index (χ3n) is 1.64. The van der Waals surface area contributed by atoms with E-state index in [-0.39, 0.29) is 11.5 Å². The second-order valence-corrected chi connectivity index (χ2v) is 2.68. The SMILES string of the molecule is CCOCCNc1nccnc1C(=O)O. The molecule has 6 nitrogen and oxygen atoms in total. The highest BCUT2D eigenvalue weighted by atomic mass is 16.5. The van der Waals surface area contributed by atoms with Gasteiger partial charge in [-0.2, -0.15) is 0 Å². The topological polar surface area (TPSA) is 84.3 Å². The monoisotopic (exact) mass is 211 g/mol. The molecule has 0 aliphatic carbocycles. The first kappa shape index (κ1) is 11.4. The molecule has 0 spiro atoms. The van der Waals surface area contributed by atoms with E-state index >= 15 is 0 Å². The van der Waals surface area contributed by atoms with Gasteiger partial charge in [0.05, 0.1) is 6.61 Å². The van der Waals surface area contributed by atoms with E-state index in [2.05, 4.69) is 15.3 Å². The molecule has 0 bridgehead atoms. The van der Waals surface area contributed by atoms with Crippen LogP contribution in [-0.2, 0) is 4.74 Å². The summed E-state index contributed by atoms with van der Waals surface area (Å²) in [4.78, 5) is 18.3. The van der Waals surface area contributed by atoms with E-state index in [4.69, 9.17) is 9.84 Å². The van der Waals surface area contributed by atoms with Crippen LogP contribution in [0.5, 0.6) is 0 Å². The molecule has 1 aromatic heterocycles. The summed E-state index contributed by atoms with van der Waals surface area (Å²) in [6.07, 6.45) is 2.78. The smallest absolute Gasteiger partial charge is 0.358 e. The summed E-state index contributed by atoms with van der Waals surface area (Å²) >= 11 is 0. The van der Waals surface area contributed by atoms with Gasteiger partial charge in [0.2, 0.25) is 0 Å². The van der Waals surface area contributed by atoms with Gasteiger partial charge in [-0.05, 0) is 6.92 Å². The largest absolute Gasteiger partial charge is 0.476 e. The summed E-state index contributed by atoms with van der Waals surface area (Å²) < 4.78 is 5.10. The van der Waals surface area contributed by atoms with E-state index in [0.29, 0.717) is 19.8 Å². The molecule has 6 heteroatoms. The minimum atomic E-state index is -1.10. The molecule has 0 amide bonds. The van der Waals surface area contributed by atoms with Crippen molar-refractivity contribution >= 4 is 11.8 Å². The molecular formula is C9H13N3O3. The van der Waals surface area contributed by atoms with Gasteiger partial charge in [-0.3, -0.25) is 0 Å². The summed E-state index contributed by atoms with van der Waals surface area (Å²) in [7, 11) is 0. The van der Waals surface area contributed by atoms with Gasteiger partial charge in [0, 0.05) is 25.5 Å². The van der Waals surface area contributed by atoms with E-state index in [1.54, 1.807) is 0 Å². The van der Waals surface area contributed by atoms with Gasteiger partial charge in [-0.25, -0.2) is 14.8 Å². The van der Waals surface area contributed by atoms with Gasteiger partial charge in [-0.1, -0.05) is 0 Å². The molecule has 1 rings (SSSR count). The Morgan fingerprint density at radius 1 is 1.53 bits per heavy atom. The van der Waals surface area contributed by atoms with Crippen molar-refractivity contribution < 1.29 is 14.6 Å². The standard InChI is InChI=1S/C9H13N3O3/c1-2-15-6-5-12-8-7(9(13)14)10-3-4-11-8/h3-4H,2,5-6H2,1H3,(H,11,12)(H,13,14). The van der Waals surface area contributed by atoms with Crippen LogP contribution in [0.3, 0.4) is 0 Å². The molecule has 0 aliphatic heterocycles. The van der Waals surface area contributed by atoms with Gasteiger partial charge < -0.3 is 15.2 Å². The molecule has 0 aliphatic rings. The Hall–Kier alpha value is -1.69. The Balaban J connectivity index is 2.56. The zero-order chi connectivity index (χ0) is 11.1. The Morgan fingerprint density at radius 2 is 2.27 bits per heavy atom. The lowest BCUT2D eigenvalue weighted by Crippen LogP contribution is -2.14. The molecule has 0 saturated carbocycles. The van der Waals surface area contributed by atoms with Crippen LogP contribution < -0.4 is 5.32 Å². The van der Waals surface area contributed by atoms with Crippen LogP contribution in [0.15, 0.2) is 12.4 Å². The van der Waals surface area contributed by atoms with Crippen LogP contribution in [0.2, 0.25) is 0 Å². The molecule has 2 N–H and O–H groups in total. The fraction of sp³-hybridized carbons (Fsp3) is 0.444. The van der Waals surface area contributed by atoms with Gasteiger partial charge in [-0.15, -0.1) is 0 Å². The molecule has 0 fully saturated rings. The van der Waals surface area contributed by atoms with Crippen LogP contribution in [-0.4, -0.2) is 40.8 Å². The average molecular weight is 211 g/mol. The molecule has 0 aromatic carbocycles. The maximum absolute atomic E-state index is 10.7. The number of aromatic nitrogens is 2. The fourth-order valence-electron chi connectivity index (χ4n) is 1.01. The van der Waals surface area contributed by atoms with Crippen molar-refractivity contribution in [3.8, 4) is 0 Å². The number of nitrogens with zero attached hydrogens (tertiary/aromatic N) is 2. The number of carbonyl (C=O) groups is 1. The van der Waals surface area contributed by atoms with Crippen LogP contribution in [0.4, 0.5) is 5.82 Å². The maximum atomic E-state index is 10.7. The lowest BCUT2D eigenvalue weighted by molar-refractivity contribution is 0.0691. The Bertz CT molecular complexity index is 330. The third-order valence-corrected chi connectivity index (χ3v) is 1.64. The van der Waals surface area contributed by atoms with Gasteiger partial charge in [0.25, 0.3) is 0 Å². The molecule has 82 valence electrons. The van der Waals surface area contributed by atoms with Crippen molar-refractivity contribution in [2.24, 2.45) is 0 Å². The van der Waals surface area contributed by atoms with E-state index in [9.17, 15) is 4.79 Å². The van der Waals surface area contributed by atoms with Gasteiger partial charge >= 0.3 is 5.97 Å². The minimum absolute atomic E-state index is 0.0750. The molecule has 0 atom stereocenters. The summed E-state index contributed by atoms with van der Waals surface area (Å²) in [5.41, 5.74) is -0.0750. The minimum Gasteiger partial charge on any atom is -0.476 e. The number of aromatic carboxylic acids is 1. The van der Waals surface area contributed by atoms with E-state index in [1.807, 2.05) is 6.92 Å². The molecule has 1 heterocycles. The van der Waals surface area contributed by atoms with E-state index in [1.165, 1.54) is 12.4 Å². The number of anilines is 1. The van der Waals surface area contributed by atoms with Crippen LogP contribution in [0.25, 0.3) is 0 Å². The molecular weight excluding hydrogens is 198 g/mol. The summed E-state index contributed by atoms with van der Waals surface area (Å²) in [5.74, 6) is -0.827. The second-order valence-electron chi connectivity index (χ2n) is 2.68. The molecule has 15 heavy (non-hydrogen) atoms. The number of carboxylic acid groups (broad SMARTS) is 1. The van der Waals surface area contributed by atoms with Crippen molar-refractivity contribution in [2.45, 2.75) is 6.92 Å². The number of hydrogen-bond acceptors (Lipinski definition) is 5. The maximum Gasteiger partial charge on any atom is 0.358 e. The molecule has 1 aromatic rings. The predicted molar refractivity (Wildman–Crippen MR) is 54.0 cm³/mol. The highest BCUT2D eigenvalue weighted by Crippen LogP contribution is 2.06. The highest BCUT2D eigenvalue weighted by molar-refractivity contribution is 5.90. The summed E-state index contributed by atoms with van der Waals surface area (Å²) in [6.45, 7) is 3.54. The van der Waals surface area contributed by atoms with E-state index < -0.39 is 5.97 Å². The molecule has 0 unspecified atom stereocenters. The Kier molecular flexibility index (Phi) is 4.49. The van der Waals surface area contributed by atoms with Gasteiger partial charge in [0.15, 0.2) is 11.5 Å². The number of rotatable bonds is 6. The quantitative estimate of drug-likeness (QED) is 0.671. The normalized spacial score (nSPS) is 9.93. The lowest BCUT2D eigenvalue weighted by Gasteiger charge is -2.06. The third kappa shape index (κ3) is 3.51. The van der Waals surface area contributed by atoms with Gasteiger partial charge in [0.1, 0.15) is 0 Å². The Labute approximate surface area is 87.3 Å². The first-order valence-corrected chi connectivity index (χ1v) is 4.61. The predicted octanol–water partition coefficient (Wildman–Crippen LogP) is 0.623. The summed E-state index contributed by atoms with van der Waals surface area (Å²) in [5, 5.41) is 11.6. The first-order chi connectivity index (χ1) is 7.25. The average Bonchev–Trinajstić information content (AvgIpc) is 2.25. The number of ether oxygens (including phenoxy) is 1. The molecule has 0 saturated heterocycles. The fourth-order valence-corrected chi connectivity index (χ4v) is 1.01. The highest BCUT2D eigenvalue weighted by Gasteiger charge is 2.11. The van der Waals surface area contributed by atoms with Crippen LogP contribution >= 0.6 is 0 Å². The summed E-state index contributed by atoms with van der Waals surface area (Å²) in [6, 6.07) is 0. The Morgan fingerprint density at radius 3 is 2.93 bits per heavy atom. The second kappa shape index (κ2) is 5.92. The van der Waals surface area contributed by atoms with Crippen LogP contribution in [0, 0.1) is 0 Å². The number of carboxylic acids is 1. The lowest BCUT2D eigenvalue weighted by atomic mass is 10.4. The van der Waals surface area contributed by atoms with Crippen molar-refractivity contribution in [3.05, 3.63) is 18.1 Å². The first-order valence-electron chi connectivity index (χ1n) is 4.61. The van der Waals surface area contributed by atoms with Crippen molar-refractivity contribution in [2.75, 3.05) is 25.1 Å². The van der Waals surface area contributed by atoms with Crippen molar-refractivity contribution in [1.82, 2.24) is 9.97 Å². The zero-order valence-corrected chi connectivity index (χ0v) is 8.43. The van der Waals surface area contributed by atoms with Crippen LogP contribution in [0.1, 0.15) is 17.4 Å². The van der Waals surface area contributed by atoms with Crippen molar-refractivity contribution in [3.63, 3.8) is 0 Å². The zero-order valence-electron chi connectivity index (χ0n) is 8.43. The number of hydrogen-bond donors (Lipinski definition) is 2. The van der Waals surface area contributed by atoms with Crippen molar-refractivity contribution in [1.29, 1.82) is 0 Å². The van der Waals surface area contributed by atoms with E-state index in [0.717, 1.165) is 0 Å². The number of nitrogens with one attached hydrogen (secondary N) is 1.